The fourth-order valence-corrected chi connectivity index (χ4v) is 5.30. The standard InChI is InChI=1S/C14H14N4O4S2/c1-14(2)13(15-7-19)17-11(20)10(12(17)23-14)16-24-9-6-4-3-5-8(9)18(21)22/h3-6,10,12-13,16H,1-2H3/t10?,12-,13?/m1/s1. The smallest absolute Gasteiger partial charge is 0.284 e. The molecule has 0 spiro atoms. The van der Waals surface area contributed by atoms with Crippen LogP contribution in [0.2, 0.25) is 0 Å². The molecule has 0 saturated carbocycles. The summed E-state index contributed by atoms with van der Waals surface area (Å²) in [4.78, 5) is 39.3. The van der Waals surface area contributed by atoms with Gasteiger partial charge in [-0.05, 0) is 31.9 Å². The van der Waals surface area contributed by atoms with Crippen molar-refractivity contribution in [3.8, 4) is 0 Å². The number of carbonyl (C=O) groups is 1. The minimum absolute atomic E-state index is 0.0125. The summed E-state index contributed by atoms with van der Waals surface area (Å²) in [6, 6.07) is 5.86. The molecule has 3 rings (SSSR count). The minimum Gasteiger partial charge on any atom is -0.303 e. The lowest BCUT2D eigenvalue weighted by atomic mass is 10.0. The molecule has 2 heterocycles. The number of nitro groups is 1. The molecular weight excluding hydrogens is 352 g/mol. The molecule has 2 saturated heterocycles. The number of hydrogen-bond acceptors (Lipinski definition) is 8. The van der Waals surface area contributed by atoms with Crippen molar-refractivity contribution in [3.05, 3.63) is 34.4 Å². The molecule has 1 aromatic carbocycles. The van der Waals surface area contributed by atoms with Crippen molar-refractivity contribution < 1.29 is 14.5 Å². The molecule has 2 unspecified atom stereocenters. The number of β-lactam (4-membered cyclic amide) rings is 1. The van der Waals surface area contributed by atoms with E-state index in [4.69, 9.17) is 0 Å². The molecule has 0 aromatic heterocycles. The van der Waals surface area contributed by atoms with E-state index in [-0.39, 0.29) is 17.0 Å². The Balaban J connectivity index is 1.72. The highest BCUT2D eigenvalue weighted by Crippen LogP contribution is 2.51. The second-order valence-electron chi connectivity index (χ2n) is 5.87. The summed E-state index contributed by atoms with van der Waals surface area (Å²) in [6.45, 7) is 3.84. The van der Waals surface area contributed by atoms with Gasteiger partial charge in [0.15, 0.2) is 6.17 Å². The molecule has 10 heteroatoms. The Hall–Kier alpha value is -1.87. The second kappa shape index (κ2) is 6.21. The van der Waals surface area contributed by atoms with Crippen LogP contribution < -0.4 is 4.72 Å². The Morgan fingerprint density at radius 1 is 1.46 bits per heavy atom. The molecule has 0 radical (unpaired) electrons. The van der Waals surface area contributed by atoms with E-state index in [9.17, 15) is 19.7 Å². The maximum atomic E-state index is 12.4. The van der Waals surface area contributed by atoms with Crippen molar-refractivity contribution in [2.24, 2.45) is 4.99 Å². The molecular formula is C14H14N4O4S2. The number of benzene rings is 1. The van der Waals surface area contributed by atoms with E-state index in [2.05, 4.69) is 9.71 Å². The van der Waals surface area contributed by atoms with E-state index in [1.807, 2.05) is 13.8 Å². The SMILES string of the molecule is CC1(C)S[C@@H]2C(NSc3ccccc3[N+](=O)[O-])C(=O)N2C1N=C=O. The van der Waals surface area contributed by atoms with Gasteiger partial charge in [-0.2, -0.15) is 4.99 Å². The summed E-state index contributed by atoms with van der Waals surface area (Å²) in [5, 5.41) is 10.9. The van der Waals surface area contributed by atoms with E-state index < -0.39 is 21.9 Å². The van der Waals surface area contributed by atoms with E-state index in [1.165, 1.54) is 12.1 Å². The summed E-state index contributed by atoms with van der Waals surface area (Å²) >= 11 is 2.61. The van der Waals surface area contributed by atoms with Crippen molar-refractivity contribution in [2.75, 3.05) is 0 Å². The lowest BCUT2D eigenvalue weighted by Gasteiger charge is -2.43. The van der Waals surface area contributed by atoms with Crippen molar-refractivity contribution in [1.82, 2.24) is 9.62 Å². The maximum absolute atomic E-state index is 12.4. The number of nitrogens with one attached hydrogen (secondary N) is 1. The normalized spacial score (nSPS) is 27.2. The van der Waals surface area contributed by atoms with Gasteiger partial charge in [0.05, 0.1) is 9.67 Å². The highest BCUT2D eigenvalue weighted by Gasteiger charge is 2.61. The van der Waals surface area contributed by atoms with Crippen LogP contribution in [0.4, 0.5) is 5.69 Å². The molecule has 2 aliphatic heterocycles. The average molecular weight is 366 g/mol. The van der Waals surface area contributed by atoms with Gasteiger partial charge in [-0.3, -0.25) is 14.9 Å². The van der Waals surface area contributed by atoms with Gasteiger partial charge < -0.3 is 4.90 Å². The molecule has 24 heavy (non-hydrogen) atoms. The Kier molecular flexibility index (Phi) is 4.39. The van der Waals surface area contributed by atoms with Gasteiger partial charge in [0, 0.05) is 6.07 Å². The second-order valence-corrected chi connectivity index (χ2v) is 8.52. The van der Waals surface area contributed by atoms with E-state index >= 15 is 0 Å². The van der Waals surface area contributed by atoms with Gasteiger partial charge in [-0.15, -0.1) is 11.8 Å². The number of fused-ring (bicyclic) bond motifs is 1. The summed E-state index contributed by atoms with van der Waals surface area (Å²) in [5.41, 5.74) is -0.0125. The number of rotatable bonds is 5. The first-order chi connectivity index (χ1) is 11.4. The van der Waals surface area contributed by atoms with Crippen molar-refractivity contribution >= 4 is 41.4 Å². The van der Waals surface area contributed by atoms with Crippen LogP contribution >= 0.6 is 23.7 Å². The molecule has 8 nitrogen and oxygen atoms in total. The summed E-state index contributed by atoms with van der Waals surface area (Å²) < 4.78 is 2.62. The number of amides is 1. The van der Waals surface area contributed by atoms with Crippen LogP contribution in [0.15, 0.2) is 34.2 Å². The molecule has 1 aromatic rings. The first-order valence-corrected chi connectivity index (χ1v) is 8.79. The number of hydrogen-bond donors (Lipinski definition) is 1. The average Bonchev–Trinajstić information content (AvgIpc) is 2.76. The number of isocyanates is 1. The quantitative estimate of drug-likeness (QED) is 0.212. The van der Waals surface area contributed by atoms with Gasteiger partial charge in [0.1, 0.15) is 16.3 Å². The third-order valence-corrected chi connectivity index (χ3v) is 6.42. The van der Waals surface area contributed by atoms with Crippen LogP contribution in [-0.2, 0) is 9.59 Å². The predicted molar refractivity (Wildman–Crippen MR) is 90.1 cm³/mol. The molecule has 3 atom stereocenters. The summed E-state index contributed by atoms with van der Waals surface area (Å²) in [5.74, 6) is -0.173. The molecule has 1 amide bonds. The van der Waals surface area contributed by atoms with Crippen LogP contribution in [0, 0.1) is 10.1 Å². The van der Waals surface area contributed by atoms with Gasteiger partial charge in [-0.25, -0.2) is 9.52 Å². The lowest BCUT2D eigenvalue weighted by Crippen LogP contribution is -2.67. The zero-order chi connectivity index (χ0) is 17.5. The number of nitro benzene ring substituents is 1. The zero-order valence-electron chi connectivity index (χ0n) is 12.8. The van der Waals surface area contributed by atoms with E-state index in [1.54, 1.807) is 34.9 Å². The zero-order valence-corrected chi connectivity index (χ0v) is 14.5. The van der Waals surface area contributed by atoms with Crippen LogP contribution in [0.1, 0.15) is 13.8 Å². The number of carbonyl (C=O) groups excluding carboxylic acids is 2. The number of aliphatic imine (C=N–C) groups is 1. The highest BCUT2D eigenvalue weighted by atomic mass is 32.2. The molecule has 2 fully saturated rings. The Morgan fingerprint density at radius 2 is 2.17 bits per heavy atom. The summed E-state index contributed by atoms with van der Waals surface area (Å²) in [7, 11) is 0. The van der Waals surface area contributed by atoms with Crippen LogP contribution in [0.3, 0.4) is 0 Å². The summed E-state index contributed by atoms with van der Waals surface area (Å²) in [6.07, 6.45) is 0.995. The third-order valence-electron chi connectivity index (χ3n) is 3.92. The first kappa shape index (κ1) is 17.0. The lowest BCUT2D eigenvalue weighted by molar-refractivity contribution is -0.387. The fourth-order valence-electron chi connectivity index (χ4n) is 2.78. The van der Waals surface area contributed by atoms with Crippen molar-refractivity contribution in [2.45, 2.75) is 41.1 Å². The van der Waals surface area contributed by atoms with Gasteiger partial charge >= 0.3 is 0 Å². The van der Waals surface area contributed by atoms with Gasteiger partial charge in [-0.1, -0.05) is 12.1 Å². The number of para-hydroxylation sites is 1. The Bertz CT molecular complexity index is 750. The predicted octanol–water partition coefficient (Wildman–Crippen LogP) is 1.92. The van der Waals surface area contributed by atoms with Crippen molar-refractivity contribution in [3.63, 3.8) is 0 Å². The fraction of sp³-hybridized carbons (Fsp3) is 0.429. The number of nitrogens with zero attached hydrogens (tertiary/aromatic N) is 3. The van der Waals surface area contributed by atoms with E-state index in [0.29, 0.717) is 4.90 Å². The highest BCUT2D eigenvalue weighted by molar-refractivity contribution is 8.01. The third kappa shape index (κ3) is 2.71. The van der Waals surface area contributed by atoms with Crippen LogP contribution in [-0.4, -0.2) is 44.1 Å². The van der Waals surface area contributed by atoms with Gasteiger partial charge in [0.25, 0.3) is 5.69 Å². The molecule has 1 N–H and O–H groups in total. The Labute approximate surface area is 146 Å². The topological polar surface area (TPSA) is 105 Å². The van der Waals surface area contributed by atoms with Crippen LogP contribution in [0.5, 0.6) is 0 Å². The molecule has 126 valence electrons. The van der Waals surface area contributed by atoms with Gasteiger partial charge in [0.2, 0.25) is 12.0 Å². The molecule has 0 bridgehead atoms. The van der Waals surface area contributed by atoms with Crippen LogP contribution in [0.25, 0.3) is 0 Å². The van der Waals surface area contributed by atoms with Crippen molar-refractivity contribution in [1.29, 1.82) is 0 Å². The molecule has 0 aliphatic carbocycles. The largest absolute Gasteiger partial charge is 0.303 e. The minimum atomic E-state index is -0.536. The monoisotopic (exact) mass is 366 g/mol. The molecule has 2 aliphatic rings. The number of thioether (sulfide) groups is 1. The maximum Gasteiger partial charge on any atom is 0.284 e. The Morgan fingerprint density at radius 3 is 2.83 bits per heavy atom. The first-order valence-electron chi connectivity index (χ1n) is 7.09. The van der Waals surface area contributed by atoms with E-state index in [0.717, 1.165) is 11.9 Å².